The molecule has 2 heterocycles. The molecule has 1 amide bonds. The van der Waals surface area contributed by atoms with E-state index in [0.29, 0.717) is 27.9 Å². The Hall–Kier alpha value is -0.680. The van der Waals surface area contributed by atoms with Gasteiger partial charge in [0, 0.05) is 24.2 Å². The molecule has 2 bridgehead atoms. The number of fused-ring (bicyclic) bond motifs is 2. The molecule has 2 atom stereocenters. The number of carbonyl (C=O) groups is 1. The van der Waals surface area contributed by atoms with Gasteiger partial charge in [0.2, 0.25) is 0 Å². The standard InChI is InChI=1S/C15H18Cl2N2O2.ClH/c16-13-4-3-12(7-14(13)17)21-8-15(20)19-11-5-9-1-2-10(6-11)18-9;/h3-4,7,9-11,18H,1-2,5-6,8H2,(H,19,20);1H. The third-order valence-electron chi connectivity index (χ3n) is 4.10. The summed E-state index contributed by atoms with van der Waals surface area (Å²) in [7, 11) is 0. The Morgan fingerprint density at radius 3 is 2.55 bits per heavy atom. The molecule has 4 nitrogen and oxygen atoms in total. The zero-order valence-electron chi connectivity index (χ0n) is 12.0. The van der Waals surface area contributed by atoms with Crippen LogP contribution >= 0.6 is 35.6 Å². The lowest BCUT2D eigenvalue weighted by Gasteiger charge is -2.29. The molecule has 0 aliphatic carbocycles. The van der Waals surface area contributed by atoms with Gasteiger partial charge in [0.05, 0.1) is 10.0 Å². The fraction of sp³-hybridized carbons (Fsp3) is 0.533. The molecule has 1 aromatic rings. The summed E-state index contributed by atoms with van der Waals surface area (Å²) in [5.74, 6) is 0.456. The van der Waals surface area contributed by atoms with Crippen LogP contribution in [-0.2, 0) is 4.79 Å². The van der Waals surface area contributed by atoms with Crippen molar-refractivity contribution in [1.29, 1.82) is 0 Å². The third kappa shape index (κ3) is 4.42. The van der Waals surface area contributed by atoms with Crippen LogP contribution in [0.25, 0.3) is 0 Å². The van der Waals surface area contributed by atoms with E-state index < -0.39 is 0 Å². The summed E-state index contributed by atoms with van der Waals surface area (Å²) < 4.78 is 5.44. The number of hydrogen-bond donors (Lipinski definition) is 2. The summed E-state index contributed by atoms with van der Waals surface area (Å²) >= 11 is 11.7. The molecule has 1 aromatic carbocycles. The maximum absolute atomic E-state index is 12.0. The van der Waals surface area contributed by atoms with Crippen LogP contribution in [0.15, 0.2) is 18.2 Å². The van der Waals surface area contributed by atoms with Crippen LogP contribution in [-0.4, -0.2) is 30.6 Å². The van der Waals surface area contributed by atoms with Crippen molar-refractivity contribution in [3.63, 3.8) is 0 Å². The first-order valence-corrected chi connectivity index (χ1v) is 7.99. The van der Waals surface area contributed by atoms with Gasteiger partial charge in [0.1, 0.15) is 5.75 Å². The van der Waals surface area contributed by atoms with Crippen LogP contribution in [0.2, 0.25) is 10.0 Å². The van der Waals surface area contributed by atoms with Crippen molar-refractivity contribution in [3.05, 3.63) is 28.2 Å². The van der Waals surface area contributed by atoms with Crippen molar-refractivity contribution in [2.45, 2.75) is 43.8 Å². The van der Waals surface area contributed by atoms with Crippen molar-refractivity contribution in [2.24, 2.45) is 0 Å². The van der Waals surface area contributed by atoms with Gasteiger partial charge in [-0.2, -0.15) is 0 Å². The number of halogens is 3. The maximum Gasteiger partial charge on any atom is 0.258 e. The second-order valence-corrected chi connectivity index (χ2v) is 6.55. The Morgan fingerprint density at radius 2 is 1.91 bits per heavy atom. The van der Waals surface area contributed by atoms with E-state index in [0.717, 1.165) is 12.8 Å². The smallest absolute Gasteiger partial charge is 0.258 e. The predicted octanol–water partition coefficient (Wildman–Crippen LogP) is 3.19. The number of amides is 1. The molecular formula is C15H19Cl3N2O2. The van der Waals surface area contributed by atoms with Gasteiger partial charge in [-0.15, -0.1) is 12.4 Å². The lowest BCUT2D eigenvalue weighted by Crippen LogP contribution is -2.48. The summed E-state index contributed by atoms with van der Waals surface area (Å²) in [4.78, 5) is 12.0. The highest BCUT2D eigenvalue weighted by molar-refractivity contribution is 6.42. The van der Waals surface area contributed by atoms with E-state index in [1.165, 1.54) is 12.8 Å². The van der Waals surface area contributed by atoms with Crippen molar-refractivity contribution in [2.75, 3.05) is 6.61 Å². The van der Waals surface area contributed by atoms with Crippen LogP contribution in [0.3, 0.4) is 0 Å². The number of carbonyl (C=O) groups excluding carboxylic acids is 1. The summed E-state index contributed by atoms with van der Waals surface area (Å²) in [5, 5.41) is 7.50. The first-order valence-electron chi connectivity index (χ1n) is 7.23. The van der Waals surface area contributed by atoms with E-state index in [4.69, 9.17) is 27.9 Å². The number of rotatable bonds is 4. The minimum atomic E-state index is -0.0904. The van der Waals surface area contributed by atoms with Crippen molar-refractivity contribution in [1.82, 2.24) is 10.6 Å². The molecule has 0 aromatic heterocycles. The van der Waals surface area contributed by atoms with E-state index >= 15 is 0 Å². The third-order valence-corrected chi connectivity index (χ3v) is 4.84. The van der Waals surface area contributed by atoms with Gasteiger partial charge < -0.3 is 15.4 Å². The molecule has 3 rings (SSSR count). The molecule has 0 saturated carbocycles. The largest absolute Gasteiger partial charge is 0.484 e. The fourth-order valence-corrected chi connectivity index (χ4v) is 3.45. The van der Waals surface area contributed by atoms with E-state index in [9.17, 15) is 4.79 Å². The minimum absolute atomic E-state index is 0. The lowest BCUT2D eigenvalue weighted by atomic mass is 10.00. The average Bonchev–Trinajstić information content (AvgIpc) is 2.79. The van der Waals surface area contributed by atoms with Gasteiger partial charge in [0.25, 0.3) is 5.91 Å². The van der Waals surface area contributed by atoms with Crippen LogP contribution in [0.4, 0.5) is 0 Å². The molecule has 2 aliphatic rings. The molecule has 2 aliphatic heterocycles. The average molecular weight is 366 g/mol. The highest BCUT2D eigenvalue weighted by Gasteiger charge is 2.33. The second-order valence-electron chi connectivity index (χ2n) is 5.74. The number of benzene rings is 1. The van der Waals surface area contributed by atoms with Crippen molar-refractivity contribution < 1.29 is 9.53 Å². The summed E-state index contributed by atoms with van der Waals surface area (Å²) in [6, 6.07) is 6.35. The predicted molar refractivity (Wildman–Crippen MR) is 90.3 cm³/mol. The first-order chi connectivity index (χ1) is 10.1. The molecule has 0 spiro atoms. The van der Waals surface area contributed by atoms with Crippen LogP contribution in [0.5, 0.6) is 5.75 Å². The molecule has 2 unspecified atom stereocenters. The quantitative estimate of drug-likeness (QED) is 0.861. The number of ether oxygens (including phenoxy) is 1. The van der Waals surface area contributed by atoms with Crippen LogP contribution < -0.4 is 15.4 Å². The Bertz CT molecular complexity index is 530. The van der Waals surface area contributed by atoms with Gasteiger partial charge in [-0.25, -0.2) is 0 Å². The van der Waals surface area contributed by atoms with Crippen molar-refractivity contribution >= 4 is 41.5 Å². The summed E-state index contributed by atoms with van der Waals surface area (Å²) in [6.45, 7) is -0.00275. The highest BCUT2D eigenvalue weighted by Crippen LogP contribution is 2.27. The molecule has 2 N–H and O–H groups in total. The fourth-order valence-electron chi connectivity index (χ4n) is 3.16. The van der Waals surface area contributed by atoms with E-state index in [1.807, 2.05) is 0 Å². The molecule has 22 heavy (non-hydrogen) atoms. The SMILES string of the molecule is Cl.O=C(COc1ccc(Cl)c(Cl)c1)NC1CC2CCC(C1)N2. The molecule has 122 valence electrons. The van der Waals surface area contributed by atoms with Gasteiger partial charge in [-0.05, 0) is 37.8 Å². The van der Waals surface area contributed by atoms with Crippen LogP contribution in [0, 0.1) is 0 Å². The highest BCUT2D eigenvalue weighted by atomic mass is 35.5. The molecular weight excluding hydrogens is 347 g/mol. The second kappa shape index (κ2) is 7.73. The zero-order chi connectivity index (χ0) is 14.8. The van der Waals surface area contributed by atoms with Crippen molar-refractivity contribution in [3.8, 4) is 5.75 Å². The van der Waals surface area contributed by atoms with Gasteiger partial charge >= 0.3 is 0 Å². The topological polar surface area (TPSA) is 50.4 Å². The number of hydrogen-bond acceptors (Lipinski definition) is 3. The first kappa shape index (κ1) is 17.7. The number of piperidine rings is 1. The van der Waals surface area contributed by atoms with Gasteiger partial charge in [-0.3, -0.25) is 4.79 Å². The van der Waals surface area contributed by atoms with E-state index in [2.05, 4.69) is 10.6 Å². The van der Waals surface area contributed by atoms with E-state index in [-0.39, 0.29) is 31.0 Å². The monoisotopic (exact) mass is 364 g/mol. The Kier molecular flexibility index (Phi) is 6.21. The normalized spacial score (nSPS) is 26.2. The summed E-state index contributed by atoms with van der Waals surface area (Å²) in [5.41, 5.74) is 0. The van der Waals surface area contributed by atoms with Crippen LogP contribution in [0.1, 0.15) is 25.7 Å². The Balaban J connectivity index is 0.00000176. The van der Waals surface area contributed by atoms with Gasteiger partial charge in [-0.1, -0.05) is 23.2 Å². The maximum atomic E-state index is 12.0. The Labute approximate surface area is 146 Å². The Morgan fingerprint density at radius 1 is 1.23 bits per heavy atom. The molecule has 7 heteroatoms. The van der Waals surface area contributed by atoms with E-state index in [1.54, 1.807) is 18.2 Å². The molecule has 2 saturated heterocycles. The summed E-state index contributed by atoms with van der Waals surface area (Å²) in [6.07, 6.45) is 4.46. The number of nitrogens with one attached hydrogen (secondary N) is 2. The molecule has 0 radical (unpaired) electrons. The van der Waals surface area contributed by atoms with Gasteiger partial charge in [0.15, 0.2) is 6.61 Å². The zero-order valence-corrected chi connectivity index (χ0v) is 14.3. The minimum Gasteiger partial charge on any atom is -0.484 e. The molecule has 2 fully saturated rings. The lowest BCUT2D eigenvalue weighted by molar-refractivity contribution is -0.124.